The van der Waals surface area contributed by atoms with Gasteiger partial charge in [-0.15, -0.1) is 11.3 Å². The number of rotatable bonds is 6. The molecule has 5 nitrogen and oxygen atoms in total. The second kappa shape index (κ2) is 10.0. The van der Waals surface area contributed by atoms with E-state index in [4.69, 9.17) is 28.2 Å². The van der Waals surface area contributed by atoms with Crippen LogP contribution >= 0.6 is 34.5 Å². The first-order valence-corrected chi connectivity index (χ1v) is 11.4. The van der Waals surface area contributed by atoms with Crippen molar-refractivity contribution in [1.29, 1.82) is 0 Å². The van der Waals surface area contributed by atoms with Crippen LogP contribution in [0.2, 0.25) is 10.0 Å². The molecule has 0 aliphatic carbocycles. The van der Waals surface area contributed by atoms with Crippen LogP contribution in [-0.4, -0.2) is 27.6 Å². The molecule has 0 bridgehead atoms. The normalized spacial score (nSPS) is 12.0. The zero-order chi connectivity index (χ0) is 22.5. The fraction of sp³-hybridized carbons (Fsp3) is 0.0833. The SMILES string of the molecule is Oc1ccc(C=Nn2c(-c3cc(Cl)ccc3Cl)csc2=NCCc2ccccc2)c(O)c1. The minimum Gasteiger partial charge on any atom is -0.508 e. The van der Waals surface area contributed by atoms with Gasteiger partial charge in [0, 0.05) is 34.1 Å². The number of hydrogen-bond acceptors (Lipinski definition) is 5. The van der Waals surface area contributed by atoms with E-state index in [-0.39, 0.29) is 11.5 Å². The fourth-order valence-corrected chi connectivity index (χ4v) is 4.33. The van der Waals surface area contributed by atoms with Crippen LogP contribution < -0.4 is 4.80 Å². The molecule has 0 amide bonds. The lowest BCUT2D eigenvalue weighted by Gasteiger charge is -2.07. The summed E-state index contributed by atoms with van der Waals surface area (Å²) in [5, 5.41) is 27.2. The first-order valence-electron chi connectivity index (χ1n) is 9.78. The lowest BCUT2D eigenvalue weighted by Crippen LogP contribution is -2.13. The number of hydrogen-bond donors (Lipinski definition) is 2. The largest absolute Gasteiger partial charge is 0.508 e. The summed E-state index contributed by atoms with van der Waals surface area (Å²) in [6.07, 6.45) is 2.31. The molecule has 0 spiro atoms. The molecule has 32 heavy (non-hydrogen) atoms. The standard InChI is InChI=1S/C24H19Cl2N3O2S/c25-18-7-9-21(26)20(12-18)22-15-32-24(27-11-10-16-4-2-1-3-5-16)29(22)28-14-17-6-8-19(30)13-23(17)31/h1-9,12-15,30-31H,10-11H2. The molecule has 0 unspecified atom stereocenters. The van der Waals surface area contributed by atoms with Crippen LogP contribution in [0.4, 0.5) is 0 Å². The Labute approximate surface area is 199 Å². The molecule has 8 heteroatoms. The zero-order valence-corrected chi connectivity index (χ0v) is 19.1. The summed E-state index contributed by atoms with van der Waals surface area (Å²) < 4.78 is 1.68. The van der Waals surface area contributed by atoms with E-state index in [1.165, 1.54) is 35.2 Å². The second-order valence-electron chi connectivity index (χ2n) is 6.94. The molecule has 2 N–H and O–H groups in total. The van der Waals surface area contributed by atoms with E-state index >= 15 is 0 Å². The number of halogens is 2. The summed E-state index contributed by atoms with van der Waals surface area (Å²) in [5.41, 5.74) is 3.12. The number of benzene rings is 3. The van der Waals surface area contributed by atoms with E-state index < -0.39 is 0 Å². The molecule has 1 heterocycles. The topological polar surface area (TPSA) is 70.1 Å². The van der Waals surface area contributed by atoms with Crippen molar-refractivity contribution in [3.63, 3.8) is 0 Å². The molecule has 0 fully saturated rings. The molecule has 4 aromatic rings. The highest BCUT2D eigenvalue weighted by molar-refractivity contribution is 7.07. The Hall–Kier alpha value is -3.06. The maximum Gasteiger partial charge on any atom is 0.206 e. The first kappa shape index (κ1) is 22.1. The van der Waals surface area contributed by atoms with Gasteiger partial charge in [-0.25, -0.2) is 4.68 Å². The van der Waals surface area contributed by atoms with Crippen LogP contribution in [0, 0.1) is 0 Å². The lowest BCUT2D eigenvalue weighted by molar-refractivity contribution is 0.450. The van der Waals surface area contributed by atoms with Gasteiger partial charge >= 0.3 is 0 Å². The number of thiazole rings is 1. The van der Waals surface area contributed by atoms with Crippen molar-refractivity contribution in [3.8, 4) is 22.8 Å². The molecule has 0 aliphatic rings. The molecule has 0 saturated heterocycles. The Morgan fingerprint density at radius 3 is 2.56 bits per heavy atom. The Kier molecular flexibility index (Phi) is 6.95. The van der Waals surface area contributed by atoms with E-state index in [1.54, 1.807) is 28.9 Å². The maximum absolute atomic E-state index is 10.1. The molecule has 0 atom stereocenters. The van der Waals surface area contributed by atoms with Crippen molar-refractivity contribution >= 4 is 40.8 Å². The number of aromatic nitrogens is 1. The molecular weight excluding hydrogens is 465 g/mol. The summed E-state index contributed by atoms with van der Waals surface area (Å²) in [7, 11) is 0. The molecule has 3 aromatic carbocycles. The predicted molar refractivity (Wildman–Crippen MR) is 131 cm³/mol. The minimum atomic E-state index is -0.0746. The minimum absolute atomic E-state index is 0.0224. The number of aromatic hydroxyl groups is 2. The van der Waals surface area contributed by atoms with Crippen molar-refractivity contribution in [3.05, 3.63) is 98.1 Å². The lowest BCUT2D eigenvalue weighted by atomic mass is 10.2. The summed E-state index contributed by atoms with van der Waals surface area (Å²) in [4.78, 5) is 5.42. The fourth-order valence-electron chi connectivity index (χ4n) is 3.09. The van der Waals surface area contributed by atoms with E-state index in [0.717, 1.165) is 17.7 Å². The number of phenols is 2. The second-order valence-corrected chi connectivity index (χ2v) is 8.62. The third-order valence-electron chi connectivity index (χ3n) is 4.71. The molecule has 0 radical (unpaired) electrons. The van der Waals surface area contributed by atoms with Gasteiger partial charge in [0.05, 0.1) is 16.9 Å². The van der Waals surface area contributed by atoms with Gasteiger partial charge in [-0.05, 0) is 42.3 Å². The van der Waals surface area contributed by atoms with Gasteiger partial charge in [0.25, 0.3) is 0 Å². The maximum atomic E-state index is 10.1. The van der Waals surface area contributed by atoms with Crippen molar-refractivity contribution in [2.24, 2.45) is 10.1 Å². The molecule has 162 valence electrons. The molecular formula is C24H19Cl2N3O2S. The quantitative estimate of drug-likeness (QED) is 0.332. The predicted octanol–water partition coefficient (Wildman–Crippen LogP) is 5.96. The van der Waals surface area contributed by atoms with Gasteiger partial charge in [-0.1, -0.05) is 53.5 Å². The molecule has 0 saturated carbocycles. The third kappa shape index (κ3) is 5.22. The van der Waals surface area contributed by atoms with E-state index in [9.17, 15) is 10.2 Å². The van der Waals surface area contributed by atoms with Gasteiger partial charge in [-0.2, -0.15) is 5.10 Å². The average Bonchev–Trinajstić information content (AvgIpc) is 3.18. The van der Waals surface area contributed by atoms with Gasteiger partial charge in [0.2, 0.25) is 4.80 Å². The molecule has 4 rings (SSSR count). The van der Waals surface area contributed by atoms with Crippen molar-refractivity contribution in [2.45, 2.75) is 6.42 Å². The van der Waals surface area contributed by atoms with E-state index in [1.807, 2.05) is 23.6 Å². The highest BCUT2D eigenvalue weighted by Crippen LogP contribution is 2.31. The van der Waals surface area contributed by atoms with Gasteiger partial charge in [0.1, 0.15) is 11.5 Å². The van der Waals surface area contributed by atoms with Crippen LogP contribution in [0.5, 0.6) is 11.5 Å². The highest BCUT2D eigenvalue weighted by Gasteiger charge is 2.12. The Bertz CT molecular complexity index is 1330. The summed E-state index contributed by atoms with van der Waals surface area (Å²) in [6.45, 7) is 0.591. The van der Waals surface area contributed by atoms with Crippen LogP contribution in [0.15, 0.2) is 82.2 Å². The molecule has 0 aliphatic heterocycles. The zero-order valence-electron chi connectivity index (χ0n) is 16.8. The Morgan fingerprint density at radius 2 is 1.78 bits per heavy atom. The summed E-state index contributed by atoms with van der Waals surface area (Å²) >= 11 is 14.1. The first-order chi connectivity index (χ1) is 15.5. The van der Waals surface area contributed by atoms with Crippen molar-refractivity contribution in [1.82, 2.24) is 4.68 Å². The van der Waals surface area contributed by atoms with Crippen molar-refractivity contribution in [2.75, 3.05) is 6.54 Å². The summed E-state index contributed by atoms with van der Waals surface area (Å²) in [6, 6.07) is 19.7. The van der Waals surface area contributed by atoms with Crippen LogP contribution in [-0.2, 0) is 6.42 Å². The van der Waals surface area contributed by atoms with E-state index in [0.29, 0.717) is 27.0 Å². The number of phenolic OH excluding ortho intramolecular Hbond substituents is 2. The summed E-state index contributed by atoms with van der Waals surface area (Å²) in [5.74, 6) is -0.0969. The monoisotopic (exact) mass is 483 g/mol. The van der Waals surface area contributed by atoms with Crippen LogP contribution in [0.25, 0.3) is 11.3 Å². The highest BCUT2D eigenvalue weighted by atomic mass is 35.5. The van der Waals surface area contributed by atoms with Gasteiger partial charge in [0.15, 0.2) is 0 Å². The average molecular weight is 484 g/mol. The van der Waals surface area contributed by atoms with E-state index in [2.05, 4.69) is 17.2 Å². The van der Waals surface area contributed by atoms with Gasteiger partial charge < -0.3 is 10.2 Å². The third-order valence-corrected chi connectivity index (χ3v) is 6.13. The number of nitrogens with zero attached hydrogens (tertiary/aromatic N) is 3. The smallest absolute Gasteiger partial charge is 0.206 e. The molecule has 1 aromatic heterocycles. The Balaban J connectivity index is 1.74. The van der Waals surface area contributed by atoms with Crippen LogP contribution in [0.1, 0.15) is 11.1 Å². The Morgan fingerprint density at radius 1 is 0.969 bits per heavy atom. The van der Waals surface area contributed by atoms with Crippen LogP contribution in [0.3, 0.4) is 0 Å². The van der Waals surface area contributed by atoms with Crippen molar-refractivity contribution < 1.29 is 10.2 Å². The van der Waals surface area contributed by atoms with Gasteiger partial charge in [-0.3, -0.25) is 4.99 Å².